The number of carbonyl (C=O) groups is 1. The first-order chi connectivity index (χ1) is 10.0. The van der Waals surface area contributed by atoms with Gasteiger partial charge < -0.3 is 16.4 Å². The maximum Gasteiger partial charge on any atom is 0.259 e. The van der Waals surface area contributed by atoms with Gasteiger partial charge in [0.25, 0.3) is 5.91 Å². The lowest BCUT2D eigenvalue weighted by molar-refractivity contribution is 0.102. The number of amides is 1. The van der Waals surface area contributed by atoms with E-state index < -0.39 is 17.5 Å². The molecule has 2 rings (SSSR count). The first kappa shape index (κ1) is 14.8. The fourth-order valence-electron chi connectivity index (χ4n) is 1.98. The quantitative estimate of drug-likeness (QED) is 0.758. The predicted molar refractivity (Wildman–Crippen MR) is 79.3 cm³/mol. The van der Waals surface area contributed by atoms with Gasteiger partial charge in [0.15, 0.2) is 0 Å². The van der Waals surface area contributed by atoms with Gasteiger partial charge in [0.05, 0.1) is 5.56 Å². The Morgan fingerprint density at radius 1 is 1.19 bits per heavy atom. The van der Waals surface area contributed by atoms with Crippen LogP contribution in [0.15, 0.2) is 36.4 Å². The Bertz CT molecular complexity index is 654. The number of nitrogen functional groups attached to an aromatic ring is 1. The molecule has 0 fully saturated rings. The van der Waals surface area contributed by atoms with Crippen LogP contribution in [0.5, 0.6) is 0 Å². The van der Waals surface area contributed by atoms with Crippen molar-refractivity contribution in [3.8, 4) is 0 Å². The first-order valence-electron chi connectivity index (χ1n) is 6.41. The Morgan fingerprint density at radius 3 is 2.48 bits per heavy atom. The van der Waals surface area contributed by atoms with Crippen LogP contribution in [0.1, 0.15) is 17.3 Å². The van der Waals surface area contributed by atoms with Gasteiger partial charge in [0.2, 0.25) is 0 Å². The Kier molecular flexibility index (Phi) is 4.37. The molecule has 0 saturated heterocycles. The third kappa shape index (κ3) is 3.47. The summed E-state index contributed by atoms with van der Waals surface area (Å²) in [5.74, 6) is -2.06. The lowest BCUT2D eigenvalue weighted by Gasteiger charge is -2.13. The number of carbonyl (C=O) groups excluding carboxylic acids is 1. The average Bonchev–Trinajstić information content (AvgIpc) is 2.37. The standard InChI is InChI=1S/C15H15F2N3O/c1-2-19-13-5-3-4-12(18)14(13)15(21)20-11-7-9(16)6-10(17)8-11/h3-8,19H,2,18H2,1H3,(H,20,21). The van der Waals surface area contributed by atoms with Crippen molar-refractivity contribution in [1.82, 2.24) is 0 Å². The van der Waals surface area contributed by atoms with Crippen molar-refractivity contribution in [1.29, 1.82) is 0 Å². The molecule has 21 heavy (non-hydrogen) atoms. The maximum absolute atomic E-state index is 13.1. The molecule has 2 aromatic carbocycles. The van der Waals surface area contributed by atoms with Crippen molar-refractivity contribution < 1.29 is 13.6 Å². The fourth-order valence-corrected chi connectivity index (χ4v) is 1.98. The van der Waals surface area contributed by atoms with Gasteiger partial charge in [-0.1, -0.05) is 6.07 Å². The second kappa shape index (κ2) is 6.21. The summed E-state index contributed by atoms with van der Waals surface area (Å²) in [5, 5.41) is 5.46. The van der Waals surface area contributed by atoms with E-state index in [0.717, 1.165) is 18.2 Å². The Labute approximate surface area is 121 Å². The molecule has 0 aromatic heterocycles. The highest BCUT2D eigenvalue weighted by atomic mass is 19.1. The van der Waals surface area contributed by atoms with Crippen LogP contribution in [-0.4, -0.2) is 12.5 Å². The summed E-state index contributed by atoms with van der Waals surface area (Å²) >= 11 is 0. The molecule has 1 amide bonds. The molecular formula is C15H15F2N3O. The summed E-state index contributed by atoms with van der Waals surface area (Å²) < 4.78 is 26.3. The van der Waals surface area contributed by atoms with E-state index in [0.29, 0.717) is 12.2 Å². The second-order valence-corrected chi connectivity index (χ2v) is 4.41. The summed E-state index contributed by atoms with van der Waals surface area (Å²) in [6.45, 7) is 2.49. The van der Waals surface area contributed by atoms with E-state index in [1.807, 2.05) is 6.92 Å². The largest absolute Gasteiger partial charge is 0.398 e. The molecule has 0 aliphatic carbocycles. The van der Waals surface area contributed by atoms with Gasteiger partial charge in [-0.15, -0.1) is 0 Å². The molecule has 0 heterocycles. The summed E-state index contributed by atoms with van der Waals surface area (Å²) in [7, 11) is 0. The normalized spacial score (nSPS) is 10.2. The topological polar surface area (TPSA) is 67.1 Å². The van der Waals surface area contributed by atoms with Gasteiger partial charge in [0.1, 0.15) is 11.6 Å². The second-order valence-electron chi connectivity index (χ2n) is 4.41. The van der Waals surface area contributed by atoms with Crippen molar-refractivity contribution in [2.75, 3.05) is 22.9 Å². The SMILES string of the molecule is CCNc1cccc(N)c1C(=O)Nc1cc(F)cc(F)c1. The molecule has 0 unspecified atom stereocenters. The predicted octanol–water partition coefficient (Wildman–Crippen LogP) is 3.23. The maximum atomic E-state index is 13.1. The van der Waals surface area contributed by atoms with Crippen LogP contribution in [0.2, 0.25) is 0 Å². The zero-order valence-corrected chi connectivity index (χ0v) is 11.4. The van der Waals surface area contributed by atoms with Crippen molar-refractivity contribution in [2.24, 2.45) is 0 Å². The van der Waals surface area contributed by atoms with E-state index in [1.54, 1.807) is 18.2 Å². The number of hydrogen-bond donors (Lipinski definition) is 3. The Balaban J connectivity index is 2.32. The average molecular weight is 291 g/mol. The number of rotatable bonds is 4. The number of nitrogens with two attached hydrogens (primary N) is 1. The van der Waals surface area contributed by atoms with Crippen LogP contribution in [0, 0.1) is 11.6 Å². The summed E-state index contributed by atoms with van der Waals surface area (Å²) in [4.78, 5) is 12.3. The number of nitrogens with one attached hydrogen (secondary N) is 2. The minimum absolute atomic E-state index is 0.0307. The first-order valence-corrected chi connectivity index (χ1v) is 6.41. The van der Waals surface area contributed by atoms with E-state index in [1.165, 1.54) is 0 Å². The highest BCUT2D eigenvalue weighted by Crippen LogP contribution is 2.24. The monoisotopic (exact) mass is 291 g/mol. The van der Waals surface area contributed by atoms with E-state index in [4.69, 9.17) is 5.73 Å². The third-order valence-electron chi connectivity index (χ3n) is 2.81. The minimum atomic E-state index is -0.766. The van der Waals surface area contributed by atoms with Crippen molar-refractivity contribution >= 4 is 23.0 Å². The molecule has 6 heteroatoms. The third-order valence-corrected chi connectivity index (χ3v) is 2.81. The van der Waals surface area contributed by atoms with Crippen LogP contribution in [-0.2, 0) is 0 Å². The molecule has 0 atom stereocenters. The number of benzene rings is 2. The molecule has 0 radical (unpaired) electrons. The Morgan fingerprint density at radius 2 is 1.86 bits per heavy atom. The van der Waals surface area contributed by atoms with Crippen molar-refractivity contribution in [3.05, 3.63) is 53.6 Å². The highest BCUT2D eigenvalue weighted by Gasteiger charge is 2.15. The zero-order valence-electron chi connectivity index (χ0n) is 11.4. The lowest BCUT2D eigenvalue weighted by Crippen LogP contribution is -2.17. The van der Waals surface area contributed by atoms with E-state index >= 15 is 0 Å². The molecule has 4 N–H and O–H groups in total. The highest BCUT2D eigenvalue weighted by molar-refractivity contribution is 6.11. The van der Waals surface area contributed by atoms with E-state index in [9.17, 15) is 13.6 Å². The van der Waals surface area contributed by atoms with Gasteiger partial charge in [-0.2, -0.15) is 0 Å². The van der Waals surface area contributed by atoms with Crippen molar-refractivity contribution in [2.45, 2.75) is 6.92 Å². The van der Waals surface area contributed by atoms with Gasteiger partial charge in [-0.3, -0.25) is 4.79 Å². The molecule has 4 nitrogen and oxygen atoms in total. The van der Waals surface area contributed by atoms with Gasteiger partial charge in [-0.25, -0.2) is 8.78 Å². The molecule has 0 spiro atoms. The van der Waals surface area contributed by atoms with Gasteiger partial charge in [0, 0.05) is 29.7 Å². The molecule has 0 aliphatic heterocycles. The van der Waals surface area contributed by atoms with Gasteiger partial charge >= 0.3 is 0 Å². The number of anilines is 3. The fraction of sp³-hybridized carbons (Fsp3) is 0.133. The van der Waals surface area contributed by atoms with Crippen LogP contribution >= 0.6 is 0 Å². The van der Waals surface area contributed by atoms with Crippen LogP contribution in [0.25, 0.3) is 0 Å². The summed E-state index contributed by atoms with van der Waals surface area (Å²) in [6.07, 6.45) is 0. The summed E-state index contributed by atoms with van der Waals surface area (Å²) in [5.41, 5.74) is 6.93. The Hall–Kier alpha value is -2.63. The van der Waals surface area contributed by atoms with Crippen LogP contribution in [0.4, 0.5) is 25.8 Å². The van der Waals surface area contributed by atoms with Crippen LogP contribution in [0.3, 0.4) is 0 Å². The number of hydrogen-bond acceptors (Lipinski definition) is 3. The number of halogens is 2. The summed E-state index contributed by atoms with van der Waals surface area (Å²) in [6, 6.07) is 7.81. The lowest BCUT2D eigenvalue weighted by atomic mass is 10.1. The molecule has 0 bridgehead atoms. The van der Waals surface area contributed by atoms with Gasteiger partial charge in [-0.05, 0) is 31.2 Å². The molecule has 110 valence electrons. The van der Waals surface area contributed by atoms with Crippen molar-refractivity contribution in [3.63, 3.8) is 0 Å². The van der Waals surface area contributed by atoms with E-state index in [2.05, 4.69) is 10.6 Å². The zero-order chi connectivity index (χ0) is 15.4. The van der Waals surface area contributed by atoms with Crippen LogP contribution < -0.4 is 16.4 Å². The van der Waals surface area contributed by atoms with E-state index in [-0.39, 0.29) is 16.9 Å². The molecular weight excluding hydrogens is 276 g/mol. The minimum Gasteiger partial charge on any atom is -0.398 e. The molecule has 0 saturated carbocycles. The molecule has 0 aliphatic rings. The smallest absolute Gasteiger partial charge is 0.259 e. The molecule has 2 aromatic rings.